The predicted octanol–water partition coefficient (Wildman–Crippen LogP) is 3.11. The van der Waals surface area contributed by atoms with Gasteiger partial charge in [0.15, 0.2) is 0 Å². The van der Waals surface area contributed by atoms with Crippen LogP contribution in [0.2, 0.25) is 0 Å². The van der Waals surface area contributed by atoms with Crippen LogP contribution in [0.4, 0.5) is 20.2 Å². The Bertz CT molecular complexity index is 858. The molecule has 0 aromatic heterocycles. The van der Waals surface area contributed by atoms with E-state index in [1.807, 2.05) is 0 Å². The Hall–Kier alpha value is -2.48. The number of carbonyl (C=O) groups is 1. The molecule has 3 rings (SSSR count). The van der Waals surface area contributed by atoms with E-state index in [1.165, 1.54) is 12.1 Å². The van der Waals surface area contributed by atoms with Crippen molar-refractivity contribution in [2.45, 2.75) is 17.7 Å². The van der Waals surface area contributed by atoms with E-state index in [9.17, 15) is 22.0 Å². The molecule has 0 saturated heterocycles. The Morgan fingerprint density at radius 1 is 0.958 bits per heavy atom. The first-order chi connectivity index (χ1) is 11.3. The van der Waals surface area contributed by atoms with Gasteiger partial charge in [-0.25, -0.2) is 17.2 Å². The Morgan fingerprint density at radius 3 is 2.04 bits per heavy atom. The first kappa shape index (κ1) is 16.4. The van der Waals surface area contributed by atoms with Gasteiger partial charge in [0.2, 0.25) is 5.91 Å². The highest BCUT2D eigenvalue weighted by molar-refractivity contribution is 7.92. The number of amides is 1. The highest BCUT2D eigenvalue weighted by Gasteiger charge is 2.29. The highest BCUT2D eigenvalue weighted by Crippen LogP contribution is 2.30. The number of benzene rings is 2. The number of anilines is 2. The Balaban J connectivity index is 1.73. The van der Waals surface area contributed by atoms with Crippen molar-refractivity contribution < 1.29 is 22.0 Å². The Morgan fingerprint density at radius 2 is 1.50 bits per heavy atom. The molecular formula is C16H14F2N2O3S. The molecule has 0 radical (unpaired) electrons. The van der Waals surface area contributed by atoms with Crippen LogP contribution in [0.15, 0.2) is 47.4 Å². The molecule has 1 aliphatic rings. The standard InChI is InChI=1S/C16H14F2N2O3S/c17-11-7-12(18)9-15(8-11)24(22,23)20-14-5-3-13(4-6-14)19-16(21)10-1-2-10/h3-10,20H,1-2H2,(H,19,21). The van der Waals surface area contributed by atoms with Crippen LogP contribution in [-0.4, -0.2) is 14.3 Å². The molecule has 1 aliphatic carbocycles. The fourth-order valence-electron chi connectivity index (χ4n) is 2.11. The van der Waals surface area contributed by atoms with Gasteiger partial charge in [-0.3, -0.25) is 9.52 Å². The van der Waals surface area contributed by atoms with Gasteiger partial charge < -0.3 is 5.32 Å². The lowest BCUT2D eigenvalue weighted by Crippen LogP contribution is -2.14. The molecule has 5 nitrogen and oxygen atoms in total. The Kier molecular flexibility index (Phi) is 4.23. The zero-order valence-corrected chi connectivity index (χ0v) is 13.2. The van der Waals surface area contributed by atoms with E-state index < -0.39 is 26.6 Å². The summed E-state index contributed by atoms with van der Waals surface area (Å²) in [5.74, 6) is -1.95. The minimum absolute atomic E-state index is 0.0569. The van der Waals surface area contributed by atoms with Crippen LogP contribution in [0, 0.1) is 17.6 Å². The van der Waals surface area contributed by atoms with Gasteiger partial charge in [0, 0.05) is 23.4 Å². The van der Waals surface area contributed by atoms with Crippen LogP contribution in [0.25, 0.3) is 0 Å². The summed E-state index contributed by atoms with van der Waals surface area (Å²) in [5, 5.41) is 2.73. The SMILES string of the molecule is O=C(Nc1ccc(NS(=O)(=O)c2cc(F)cc(F)c2)cc1)C1CC1. The van der Waals surface area contributed by atoms with Gasteiger partial charge in [-0.15, -0.1) is 0 Å². The van der Waals surface area contributed by atoms with Gasteiger partial charge in [-0.1, -0.05) is 0 Å². The molecule has 0 aliphatic heterocycles. The van der Waals surface area contributed by atoms with Gasteiger partial charge in [0.1, 0.15) is 11.6 Å². The van der Waals surface area contributed by atoms with Crippen molar-refractivity contribution in [3.05, 3.63) is 54.1 Å². The van der Waals surface area contributed by atoms with Crippen molar-refractivity contribution in [3.63, 3.8) is 0 Å². The minimum atomic E-state index is -4.12. The zero-order chi connectivity index (χ0) is 17.3. The first-order valence-electron chi connectivity index (χ1n) is 7.23. The van der Waals surface area contributed by atoms with Crippen molar-refractivity contribution in [3.8, 4) is 0 Å². The van der Waals surface area contributed by atoms with Gasteiger partial charge >= 0.3 is 0 Å². The first-order valence-corrected chi connectivity index (χ1v) is 8.72. The highest BCUT2D eigenvalue weighted by atomic mass is 32.2. The van der Waals surface area contributed by atoms with Crippen LogP contribution in [0.3, 0.4) is 0 Å². The van der Waals surface area contributed by atoms with E-state index in [1.54, 1.807) is 12.1 Å². The number of carbonyl (C=O) groups excluding carboxylic acids is 1. The number of sulfonamides is 1. The smallest absolute Gasteiger partial charge is 0.262 e. The second kappa shape index (κ2) is 6.20. The molecule has 2 N–H and O–H groups in total. The monoisotopic (exact) mass is 352 g/mol. The molecule has 0 bridgehead atoms. The van der Waals surface area contributed by atoms with Crippen LogP contribution in [0.5, 0.6) is 0 Å². The van der Waals surface area contributed by atoms with Crippen molar-refractivity contribution >= 4 is 27.3 Å². The summed E-state index contributed by atoms with van der Waals surface area (Å²) >= 11 is 0. The van der Waals surface area contributed by atoms with Crippen molar-refractivity contribution in [2.24, 2.45) is 5.92 Å². The topological polar surface area (TPSA) is 75.3 Å². The average Bonchev–Trinajstić information content (AvgIpc) is 3.33. The van der Waals surface area contributed by atoms with E-state index in [0.29, 0.717) is 11.8 Å². The molecule has 0 atom stereocenters. The fraction of sp³-hybridized carbons (Fsp3) is 0.188. The zero-order valence-electron chi connectivity index (χ0n) is 12.4. The largest absolute Gasteiger partial charge is 0.326 e. The van der Waals surface area contributed by atoms with Gasteiger partial charge in [0.25, 0.3) is 10.0 Å². The molecule has 24 heavy (non-hydrogen) atoms. The van der Waals surface area contributed by atoms with E-state index in [4.69, 9.17) is 0 Å². The summed E-state index contributed by atoms with van der Waals surface area (Å²) in [6.45, 7) is 0. The molecular weight excluding hydrogens is 338 g/mol. The number of hydrogen-bond acceptors (Lipinski definition) is 3. The number of hydrogen-bond donors (Lipinski definition) is 2. The van der Waals surface area contributed by atoms with Gasteiger partial charge in [-0.05, 0) is 49.2 Å². The molecule has 1 amide bonds. The second-order valence-electron chi connectivity index (χ2n) is 5.55. The molecule has 2 aromatic rings. The summed E-state index contributed by atoms with van der Waals surface area (Å²) < 4.78 is 52.9. The maximum Gasteiger partial charge on any atom is 0.262 e. The molecule has 0 heterocycles. The summed E-state index contributed by atoms with van der Waals surface area (Å²) in [4.78, 5) is 11.1. The van der Waals surface area contributed by atoms with E-state index in [0.717, 1.165) is 25.0 Å². The van der Waals surface area contributed by atoms with E-state index in [2.05, 4.69) is 10.0 Å². The summed E-state index contributed by atoms with van der Waals surface area (Å²) in [6.07, 6.45) is 1.77. The third-order valence-corrected chi connectivity index (χ3v) is 4.86. The van der Waals surface area contributed by atoms with E-state index in [-0.39, 0.29) is 17.5 Å². The third kappa shape index (κ3) is 3.88. The summed E-state index contributed by atoms with van der Waals surface area (Å²) in [7, 11) is -4.12. The van der Waals surface area contributed by atoms with Crippen LogP contribution < -0.4 is 10.0 Å². The molecule has 1 saturated carbocycles. The second-order valence-corrected chi connectivity index (χ2v) is 7.23. The molecule has 2 aromatic carbocycles. The van der Waals surface area contributed by atoms with Crippen LogP contribution >= 0.6 is 0 Å². The van der Waals surface area contributed by atoms with Crippen molar-refractivity contribution in [2.75, 3.05) is 10.0 Å². The average molecular weight is 352 g/mol. The van der Waals surface area contributed by atoms with Crippen molar-refractivity contribution in [1.29, 1.82) is 0 Å². The van der Waals surface area contributed by atoms with Crippen LogP contribution in [0.1, 0.15) is 12.8 Å². The number of halogens is 2. The lowest BCUT2D eigenvalue weighted by Gasteiger charge is -2.10. The normalized spacial score (nSPS) is 14.2. The quantitative estimate of drug-likeness (QED) is 0.868. The summed E-state index contributed by atoms with van der Waals surface area (Å²) in [5.41, 5.74) is 0.760. The molecule has 0 spiro atoms. The minimum Gasteiger partial charge on any atom is -0.326 e. The Labute approximate surface area is 137 Å². The fourth-order valence-corrected chi connectivity index (χ4v) is 3.21. The predicted molar refractivity (Wildman–Crippen MR) is 85.0 cm³/mol. The number of nitrogens with one attached hydrogen (secondary N) is 2. The van der Waals surface area contributed by atoms with Gasteiger partial charge in [-0.2, -0.15) is 0 Å². The molecule has 8 heteroatoms. The number of rotatable bonds is 5. The maximum absolute atomic E-state index is 13.2. The molecule has 126 valence electrons. The van der Waals surface area contributed by atoms with E-state index >= 15 is 0 Å². The third-order valence-electron chi connectivity index (χ3n) is 3.50. The molecule has 1 fully saturated rings. The lowest BCUT2D eigenvalue weighted by atomic mass is 10.2. The van der Waals surface area contributed by atoms with Crippen molar-refractivity contribution in [1.82, 2.24) is 0 Å². The van der Waals surface area contributed by atoms with Crippen LogP contribution in [-0.2, 0) is 14.8 Å². The lowest BCUT2D eigenvalue weighted by molar-refractivity contribution is -0.117. The molecule has 0 unspecified atom stereocenters. The van der Waals surface area contributed by atoms with Gasteiger partial charge in [0.05, 0.1) is 4.90 Å². The summed E-state index contributed by atoms with van der Waals surface area (Å²) in [6, 6.07) is 8.06. The maximum atomic E-state index is 13.2.